The van der Waals surface area contributed by atoms with Gasteiger partial charge in [-0.05, 0) is 0 Å². The van der Waals surface area contributed by atoms with Crippen molar-refractivity contribution in [2.75, 3.05) is 0 Å². The van der Waals surface area contributed by atoms with Gasteiger partial charge in [0, 0.05) is 0 Å². The van der Waals surface area contributed by atoms with Crippen LogP contribution in [-0.2, 0) is 0 Å². The molecule has 0 amide bonds. The van der Waals surface area contributed by atoms with Crippen LogP contribution in [-0.4, -0.2) is 0 Å². The SMILES string of the molecule is C.F[P-](F)(F)(F)(F)F.[H+]. The fourth-order valence-corrected chi connectivity index (χ4v) is 0. The standard InChI is InChI=1S/CH4.F6P/c;1-7(2,3,4,5)6/h1H4;/q;-1/p+1. The van der Waals surface area contributed by atoms with Crippen LogP contribution in [0.5, 0.6) is 0 Å². The van der Waals surface area contributed by atoms with Gasteiger partial charge >= 0.3 is 34.4 Å². The number of rotatable bonds is 0. The quantitative estimate of drug-likeness (QED) is 0.371. The molecule has 0 bridgehead atoms. The van der Waals surface area contributed by atoms with E-state index in [9.17, 15) is 25.2 Å². The zero-order valence-corrected chi connectivity index (χ0v) is 3.61. The van der Waals surface area contributed by atoms with E-state index in [4.69, 9.17) is 0 Å². The summed E-state index contributed by atoms with van der Waals surface area (Å²) in [6.45, 7) is 0. The smallest absolute Gasteiger partial charge is 1.00 e. The summed E-state index contributed by atoms with van der Waals surface area (Å²) in [5.74, 6) is 0. The first-order valence-electron chi connectivity index (χ1n) is 1.01. The van der Waals surface area contributed by atoms with Gasteiger partial charge in [-0.1, -0.05) is 7.43 Å². The molecule has 8 heavy (non-hydrogen) atoms. The molecule has 0 aromatic heterocycles. The largest absolute Gasteiger partial charge is 1.00 e. The molecule has 0 aromatic rings. The first kappa shape index (κ1) is 10.9. The fraction of sp³-hybridized carbons (Fsp3) is 1.00. The molecular weight excluding hydrogens is 157 g/mol. The van der Waals surface area contributed by atoms with Crippen molar-refractivity contribution >= 4 is 7.81 Å². The molecule has 7 heteroatoms. The Balaban J connectivity index is -0.000000180. The molecule has 0 fully saturated rings. The summed E-state index contributed by atoms with van der Waals surface area (Å²) in [4.78, 5) is 0. The van der Waals surface area contributed by atoms with E-state index in [1.807, 2.05) is 0 Å². The maximum absolute atomic E-state index is 10.7. The van der Waals surface area contributed by atoms with Gasteiger partial charge in [0.15, 0.2) is 0 Å². The van der Waals surface area contributed by atoms with Crippen LogP contribution in [0.1, 0.15) is 8.85 Å². The maximum atomic E-state index is 9.87. The van der Waals surface area contributed by atoms with E-state index >= 15 is 0 Å². The van der Waals surface area contributed by atoms with Crippen LogP contribution in [0.3, 0.4) is 0 Å². The molecule has 0 saturated carbocycles. The second-order valence-corrected chi connectivity index (χ2v) is 2.87. The Kier molecular flexibility index (Phi) is 1.53. The molecule has 56 valence electrons. The van der Waals surface area contributed by atoms with Crippen LogP contribution in [0.25, 0.3) is 0 Å². The van der Waals surface area contributed by atoms with Gasteiger partial charge in [-0.3, -0.25) is 0 Å². The molecule has 0 spiro atoms. The molecule has 0 heterocycles. The topological polar surface area (TPSA) is 0 Å². The molecule has 0 nitrogen and oxygen atoms in total. The van der Waals surface area contributed by atoms with Crippen molar-refractivity contribution in [3.63, 3.8) is 0 Å². The minimum absolute atomic E-state index is 0. The van der Waals surface area contributed by atoms with Gasteiger partial charge < -0.3 is 0 Å². The Bertz CT molecular complexity index is 71.6. The van der Waals surface area contributed by atoms with Gasteiger partial charge in [-0.15, -0.1) is 0 Å². The predicted octanol–water partition coefficient (Wildman–Crippen LogP) is 4.13. The van der Waals surface area contributed by atoms with E-state index in [1.54, 1.807) is 0 Å². The number of hydrogen-bond acceptors (Lipinski definition) is 0. The average Bonchev–Trinajstić information content (AvgIpc) is 0.592. The Morgan fingerprint density at radius 2 is 0.750 bits per heavy atom. The van der Waals surface area contributed by atoms with Crippen LogP contribution >= 0.6 is 7.81 Å². The molecule has 0 rings (SSSR count). The normalized spacial score (nSPS) is 20.2. The fourth-order valence-electron chi connectivity index (χ4n) is 0. The summed E-state index contributed by atoms with van der Waals surface area (Å²) in [5.41, 5.74) is 0. The Morgan fingerprint density at radius 1 is 0.750 bits per heavy atom. The zero-order valence-electron chi connectivity index (χ0n) is 3.72. The molecule has 0 N–H and O–H groups in total. The summed E-state index contributed by atoms with van der Waals surface area (Å²) in [7, 11) is -10.7. The first-order valence-corrected chi connectivity index (χ1v) is 3.04. The molecule has 0 aliphatic rings. The minimum Gasteiger partial charge on any atom is 1.00 e. The Hall–Kier alpha value is 0.01000. The van der Waals surface area contributed by atoms with Crippen LogP contribution in [0.4, 0.5) is 25.2 Å². The maximum Gasteiger partial charge on any atom is 1.00 e. The third-order valence-electron chi connectivity index (χ3n) is 0. The van der Waals surface area contributed by atoms with Crippen molar-refractivity contribution < 1.29 is 26.6 Å². The van der Waals surface area contributed by atoms with Crippen molar-refractivity contribution in [2.45, 2.75) is 7.43 Å². The third kappa shape index (κ3) is 1510000. The second-order valence-electron chi connectivity index (χ2n) is 0.958. The summed E-state index contributed by atoms with van der Waals surface area (Å²) < 4.78 is 59.2. The summed E-state index contributed by atoms with van der Waals surface area (Å²) >= 11 is 0. The van der Waals surface area contributed by atoms with Crippen LogP contribution in [0, 0.1) is 0 Å². The van der Waals surface area contributed by atoms with Gasteiger partial charge in [0.05, 0.1) is 0 Å². The molecule has 0 unspecified atom stereocenters. The summed E-state index contributed by atoms with van der Waals surface area (Å²) in [6.07, 6.45) is 0. The van der Waals surface area contributed by atoms with E-state index in [1.165, 1.54) is 0 Å². The molecule has 0 aliphatic carbocycles. The molecule has 0 atom stereocenters. The minimum atomic E-state index is -10.7. The average molecular weight is 162 g/mol. The van der Waals surface area contributed by atoms with Gasteiger partial charge in [0.25, 0.3) is 0 Å². The summed E-state index contributed by atoms with van der Waals surface area (Å²) in [6, 6.07) is 0. The third-order valence-corrected chi connectivity index (χ3v) is 0. The van der Waals surface area contributed by atoms with E-state index in [0.29, 0.717) is 0 Å². The molecular formula is CH5F6P. The number of hydrogen-bond donors (Lipinski definition) is 0. The van der Waals surface area contributed by atoms with E-state index in [2.05, 4.69) is 0 Å². The molecule has 0 aliphatic heterocycles. The molecule has 0 aromatic carbocycles. The Morgan fingerprint density at radius 3 is 0.750 bits per heavy atom. The second kappa shape index (κ2) is 1.12. The van der Waals surface area contributed by atoms with Gasteiger partial charge in [0.1, 0.15) is 0 Å². The Labute approximate surface area is 43.2 Å². The monoisotopic (exact) mass is 162 g/mol. The van der Waals surface area contributed by atoms with E-state index in [0.717, 1.165) is 0 Å². The zero-order chi connectivity index (χ0) is 6.41. The van der Waals surface area contributed by atoms with E-state index < -0.39 is 7.81 Å². The number of halogens is 6. The van der Waals surface area contributed by atoms with Crippen molar-refractivity contribution in [1.82, 2.24) is 0 Å². The van der Waals surface area contributed by atoms with Crippen LogP contribution in [0.15, 0.2) is 0 Å². The van der Waals surface area contributed by atoms with E-state index in [-0.39, 0.29) is 8.85 Å². The predicted molar refractivity (Wildman–Crippen MR) is 21.4 cm³/mol. The van der Waals surface area contributed by atoms with Crippen LogP contribution in [0.2, 0.25) is 0 Å². The van der Waals surface area contributed by atoms with Crippen molar-refractivity contribution in [2.24, 2.45) is 0 Å². The van der Waals surface area contributed by atoms with Crippen molar-refractivity contribution in [3.05, 3.63) is 0 Å². The van der Waals surface area contributed by atoms with Gasteiger partial charge in [-0.2, -0.15) is 0 Å². The molecule has 0 saturated heterocycles. The van der Waals surface area contributed by atoms with Crippen molar-refractivity contribution in [1.29, 1.82) is 0 Å². The molecule has 0 radical (unpaired) electrons. The first-order chi connectivity index (χ1) is 2.45. The van der Waals surface area contributed by atoms with Crippen LogP contribution < -0.4 is 0 Å². The van der Waals surface area contributed by atoms with Gasteiger partial charge in [-0.25, -0.2) is 0 Å². The van der Waals surface area contributed by atoms with Crippen molar-refractivity contribution in [3.8, 4) is 0 Å². The summed E-state index contributed by atoms with van der Waals surface area (Å²) in [5, 5.41) is 0. The van der Waals surface area contributed by atoms with Gasteiger partial charge in [0.2, 0.25) is 0 Å².